The highest BCUT2D eigenvalue weighted by atomic mass is 35.5. The summed E-state index contributed by atoms with van der Waals surface area (Å²) in [6, 6.07) is 11.6. The van der Waals surface area contributed by atoms with Gasteiger partial charge in [-0.2, -0.15) is 0 Å². The van der Waals surface area contributed by atoms with Crippen LogP contribution in [0.2, 0.25) is 5.02 Å². The van der Waals surface area contributed by atoms with Crippen molar-refractivity contribution in [1.29, 1.82) is 0 Å². The summed E-state index contributed by atoms with van der Waals surface area (Å²) >= 11 is 6.11. The molecule has 0 saturated carbocycles. The van der Waals surface area contributed by atoms with E-state index in [1.807, 2.05) is 41.9 Å². The molecule has 0 spiro atoms. The van der Waals surface area contributed by atoms with Crippen LogP contribution in [0.25, 0.3) is 22.4 Å². The Morgan fingerprint density at radius 2 is 2.05 bits per heavy atom. The van der Waals surface area contributed by atoms with E-state index in [-0.39, 0.29) is 0 Å². The zero-order valence-corrected chi connectivity index (χ0v) is 12.7. The maximum atomic E-state index is 6.11. The van der Waals surface area contributed by atoms with Gasteiger partial charge in [-0.15, -0.1) is 0 Å². The number of aromatic nitrogens is 2. The number of hydrogen-bond acceptors (Lipinski definition) is 3. The maximum Gasteiger partial charge on any atom is 0.144 e. The molecule has 21 heavy (non-hydrogen) atoms. The molecule has 2 aromatic carbocycles. The van der Waals surface area contributed by atoms with E-state index in [9.17, 15) is 0 Å². The molecule has 1 heterocycles. The van der Waals surface area contributed by atoms with E-state index < -0.39 is 0 Å². The first-order valence-electron chi connectivity index (χ1n) is 6.63. The van der Waals surface area contributed by atoms with E-state index >= 15 is 0 Å². The molecule has 0 radical (unpaired) electrons. The van der Waals surface area contributed by atoms with E-state index in [1.165, 1.54) is 0 Å². The number of methoxy groups -OCH3 is 1. The van der Waals surface area contributed by atoms with Crippen LogP contribution in [-0.4, -0.2) is 16.7 Å². The van der Waals surface area contributed by atoms with Gasteiger partial charge in [-0.05, 0) is 35.9 Å². The molecule has 0 bridgehead atoms. The van der Waals surface area contributed by atoms with Crippen LogP contribution in [0.5, 0.6) is 5.75 Å². The lowest BCUT2D eigenvalue weighted by Crippen LogP contribution is -1.96. The number of rotatable bonds is 3. The first-order chi connectivity index (χ1) is 10.1. The molecule has 0 fully saturated rings. The minimum absolute atomic E-state index is 0.502. The second-order valence-corrected chi connectivity index (χ2v) is 5.30. The van der Waals surface area contributed by atoms with Gasteiger partial charge < -0.3 is 15.0 Å². The Bertz CT molecular complexity index is 811. The van der Waals surface area contributed by atoms with E-state index in [1.54, 1.807) is 13.2 Å². The van der Waals surface area contributed by atoms with Crippen molar-refractivity contribution in [2.24, 2.45) is 12.8 Å². The number of nitrogens with two attached hydrogens (primary N) is 1. The number of nitrogens with zero attached hydrogens (tertiary/aromatic N) is 2. The zero-order valence-electron chi connectivity index (χ0n) is 11.9. The van der Waals surface area contributed by atoms with Gasteiger partial charge in [-0.3, -0.25) is 0 Å². The van der Waals surface area contributed by atoms with Crippen molar-refractivity contribution >= 4 is 22.6 Å². The summed E-state index contributed by atoms with van der Waals surface area (Å²) in [5.41, 5.74) is 9.58. The third kappa shape index (κ3) is 2.37. The molecule has 0 aliphatic rings. The van der Waals surface area contributed by atoms with E-state index in [0.717, 1.165) is 33.7 Å². The third-order valence-electron chi connectivity index (χ3n) is 3.58. The predicted molar refractivity (Wildman–Crippen MR) is 85.6 cm³/mol. The Hall–Kier alpha value is -2.04. The van der Waals surface area contributed by atoms with E-state index in [2.05, 4.69) is 0 Å². The summed E-state index contributed by atoms with van der Waals surface area (Å²) in [5, 5.41) is 0.653. The van der Waals surface area contributed by atoms with Crippen molar-refractivity contribution in [1.82, 2.24) is 9.55 Å². The maximum absolute atomic E-state index is 6.11. The lowest BCUT2D eigenvalue weighted by atomic mass is 10.2. The molecule has 5 heteroatoms. The average molecular weight is 302 g/mol. The number of ether oxygens (including phenoxy) is 1. The molecule has 0 saturated heterocycles. The molecule has 0 aliphatic carbocycles. The Labute approximate surface area is 128 Å². The fraction of sp³-hybridized carbons (Fsp3) is 0.188. The Kier molecular flexibility index (Phi) is 3.57. The highest BCUT2D eigenvalue weighted by Crippen LogP contribution is 2.33. The normalized spacial score (nSPS) is 11.0. The van der Waals surface area contributed by atoms with Gasteiger partial charge in [0.1, 0.15) is 11.6 Å². The van der Waals surface area contributed by atoms with Crippen LogP contribution >= 0.6 is 11.6 Å². The predicted octanol–water partition coefficient (Wildman–Crippen LogP) is 3.36. The van der Waals surface area contributed by atoms with Gasteiger partial charge in [0.25, 0.3) is 0 Å². The highest BCUT2D eigenvalue weighted by Gasteiger charge is 2.14. The van der Waals surface area contributed by atoms with Gasteiger partial charge in [-0.1, -0.05) is 17.7 Å². The molecule has 0 unspecified atom stereocenters. The summed E-state index contributed by atoms with van der Waals surface area (Å²) in [6.07, 6.45) is 0. The number of hydrogen-bond donors (Lipinski definition) is 1. The van der Waals surface area contributed by atoms with Crippen molar-refractivity contribution in [3.8, 4) is 17.1 Å². The first kappa shape index (κ1) is 13.9. The minimum atomic E-state index is 0.502. The molecule has 108 valence electrons. The number of aryl methyl sites for hydroxylation is 1. The Morgan fingerprint density at radius 1 is 1.24 bits per heavy atom. The first-order valence-corrected chi connectivity index (χ1v) is 7.01. The Morgan fingerprint density at radius 3 is 2.76 bits per heavy atom. The lowest BCUT2D eigenvalue weighted by Gasteiger charge is -2.08. The SMILES string of the molecule is COc1ccc(Cl)cc1-c1nc2cc(CN)ccc2n1C. The lowest BCUT2D eigenvalue weighted by molar-refractivity contribution is 0.416. The van der Waals surface area contributed by atoms with Crippen LogP contribution in [0.1, 0.15) is 5.56 Å². The van der Waals surface area contributed by atoms with Crippen molar-refractivity contribution in [2.45, 2.75) is 6.54 Å². The van der Waals surface area contributed by atoms with Crippen LogP contribution in [-0.2, 0) is 13.6 Å². The van der Waals surface area contributed by atoms with Gasteiger partial charge in [0.2, 0.25) is 0 Å². The minimum Gasteiger partial charge on any atom is -0.496 e. The molecule has 3 aromatic rings. The van der Waals surface area contributed by atoms with Crippen molar-refractivity contribution in [3.05, 3.63) is 47.0 Å². The van der Waals surface area contributed by atoms with E-state index in [4.69, 9.17) is 27.1 Å². The van der Waals surface area contributed by atoms with Crippen LogP contribution in [0.3, 0.4) is 0 Å². The van der Waals surface area contributed by atoms with E-state index in [0.29, 0.717) is 11.6 Å². The fourth-order valence-electron chi connectivity index (χ4n) is 2.47. The molecule has 3 rings (SSSR count). The summed E-state index contributed by atoms with van der Waals surface area (Å²) in [6.45, 7) is 0.502. The number of benzene rings is 2. The Balaban J connectivity index is 2.25. The van der Waals surface area contributed by atoms with Crippen LogP contribution in [0.4, 0.5) is 0 Å². The summed E-state index contributed by atoms with van der Waals surface area (Å²) in [4.78, 5) is 4.71. The van der Waals surface area contributed by atoms with Crippen molar-refractivity contribution in [3.63, 3.8) is 0 Å². The van der Waals surface area contributed by atoms with Crippen LogP contribution < -0.4 is 10.5 Å². The number of fused-ring (bicyclic) bond motifs is 1. The fourth-order valence-corrected chi connectivity index (χ4v) is 2.64. The quantitative estimate of drug-likeness (QED) is 0.807. The smallest absolute Gasteiger partial charge is 0.144 e. The second-order valence-electron chi connectivity index (χ2n) is 4.87. The molecule has 1 aromatic heterocycles. The molecular weight excluding hydrogens is 286 g/mol. The highest BCUT2D eigenvalue weighted by molar-refractivity contribution is 6.31. The monoisotopic (exact) mass is 301 g/mol. The largest absolute Gasteiger partial charge is 0.496 e. The van der Waals surface area contributed by atoms with Crippen molar-refractivity contribution in [2.75, 3.05) is 7.11 Å². The molecular formula is C16H16ClN3O. The zero-order chi connectivity index (χ0) is 15.0. The van der Waals surface area contributed by atoms with Gasteiger partial charge in [0.05, 0.1) is 23.7 Å². The molecule has 2 N–H and O–H groups in total. The average Bonchev–Trinajstić information content (AvgIpc) is 2.83. The molecule has 0 amide bonds. The number of halogens is 1. The summed E-state index contributed by atoms with van der Waals surface area (Å²) in [5.74, 6) is 1.57. The van der Waals surface area contributed by atoms with Crippen LogP contribution in [0.15, 0.2) is 36.4 Å². The van der Waals surface area contributed by atoms with Gasteiger partial charge in [0, 0.05) is 18.6 Å². The number of imidazole rings is 1. The molecule has 0 aliphatic heterocycles. The van der Waals surface area contributed by atoms with Crippen molar-refractivity contribution < 1.29 is 4.74 Å². The topological polar surface area (TPSA) is 53.1 Å². The summed E-state index contributed by atoms with van der Waals surface area (Å²) in [7, 11) is 3.62. The standard InChI is InChI=1S/C16H16ClN3O/c1-20-14-5-3-10(9-18)7-13(14)19-16(20)12-8-11(17)4-6-15(12)21-2/h3-8H,9,18H2,1-2H3. The van der Waals surface area contributed by atoms with Gasteiger partial charge in [0.15, 0.2) is 0 Å². The van der Waals surface area contributed by atoms with Crippen LogP contribution in [0, 0.1) is 0 Å². The molecule has 0 atom stereocenters. The van der Waals surface area contributed by atoms with Gasteiger partial charge >= 0.3 is 0 Å². The second kappa shape index (κ2) is 5.39. The summed E-state index contributed by atoms with van der Waals surface area (Å²) < 4.78 is 7.45. The van der Waals surface area contributed by atoms with Gasteiger partial charge in [-0.25, -0.2) is 4.98 Å². The third-order valence-corrected chi connectivity index (χ3v) is 3.82. The molecule has 4 nitrogen and oxygen atoms in total.